The monoisotopic (exact) mass is 395 g/mol. The van der Waals surface area contributed by atoms with Crippen molar-refractivity contribution in [2.24, 2.45) is 11.7 Å². The summed E-state index contributed by atoms with van der Waals surface area (Å²) in [6.45, 7) is 2.20. The zero-order chi connectivity index (χ0) is 19.4. The van der Waals surface area contributed by atoms with Crippen LogP contribution in [0.2, 0.25) is 5.02 Å². The lowest BCUT2D eigenvalue weighted by atomic mass is 10.0. The van der Waals surface area contributed by atoms with Crippen LogP contribution in [-0.4, -0.2) is 56.1 Å². The summed E-state index contributed by atoms with van der Waals surface area (Å²) in [5.41, 5.74) is 5.53. The third kappa shape index (κ3) is 5.26. The maximum Gasteiger partial charge on any atom is 0.255 e. The first-order chi connectivity index (χ1) is 13.0. The summed E-state index contributed by atoms with van der Waals surface area (Å²) in [7, 11) is 1.45. The molecular weight excluding hydrogens is 370 g/mol. The van der Waals surface area contributed by atoms with Crippen molar-refractivity contribution >= 4 is 23.4 Å². The minimum absolute atomic E-state index is 0.0858. The van der Waals surface area contributed by atoms with Gasteiger partial charge in [0.15, 0.2) is 18.1 Å². The second kappa shape index (κ2) is 8.80. The van der Waals surface area contributed by atoms with Gasteiger partial charge in [-0.05, 0) is 50.3 Å². The van der Waals surface area contributed by atoms with Gasteiger partial charge in [-0.25, -0.2) is 0 Å². The Labute approximate surface area is 164 Å². The number of halogens is 1. The lowest BCUT2D eigenvalue weighted by molar-refractivity contribution is -0.119. The number of carbonyl (C=O) groups is 2. The summed E-state index contributed by atoms with van der Waals surface area (Å²) in [6, 6.07) is 3.61. The third-order valence-corrected chi connectivity index (χ3v) is 5.29. The SMILES string of the molecule is COc1cc(C(=O)N2CCC(NCC3CC3)CC2)cc(Cl)c1OCC(N)=O. The lowest BCUT2D eigenvalue weighted by Crippen LogP contribution is -2.45. The van der Waals surface area contributed by atoms with Crippen LogP contribution in [0.5, 0.6) is 11.5 Å². The van der Waals surface area contributed by atoms with Gasteiger partial charge in [0.1, 0.15) is 0 Å². The summed E-state index contributed by atoms with van der Waals surface area (Å²) >= 11 is 6.24. The fraction of sp³-hybridized carbons (Fsp3) is 0.579. The highest BCUT2D eigenvalue weighted by Gasteiger charge is 2.27. The number of rotatable bonds is 8. The molecule has 8 heteroatoms. The largest absolute Gasteiger partial charge is 0.493 e. The van der Waals surface area contributed by atoms with E-state index >= 15 is 0 Å². The van der Waals surface area contributed by atoms with Crippen LogP contribution in [0.25, 0.3) is 0 Å². The van der Waals surface area contributed by atoms with Crippen molar-refractivity contribution in [3.63, 3.8) is 0 Å². The zero-order valence-corrected chi connectivity index (χ0v) is 16.3. The number of primary amides is 1. The first-order valence-electron chi connectivity index (χ1n) is 9.29. The van der Waals surface area contributed by atoms with Crippen LogP contribution in [0.15, 0.2) is 12.1 Å². The van der Waals surface area contributed by atoms with Crippen molar-refractivity contribution in [2.75, 3.05) is 33.4 Å². The topological polar surface area (TPSA) is 93.9 Å². The number of methoxy groups -OCH3 is 1. The smallest absolute Gasteiger partial charge is 0.255 e. The van der Waals surface area contributed by atoms with Gasteiger partial charge in [-0.15, -0.1) is 0 Å². The highest BCUT2D eigenvalue weighted by Crippen LogP contribution is 2.37. The number of nitrogens with two attached hydrogens (primary N) is 1. The average molecular weight is 396 g/mol. The van der Waals surface area contributed by atoms with Crippen molar-refractivity contribution in [3.8, 4) is 11.5 Å². The number of amides is 2. The average Bonchev–Trinajstić information content (AvgIpc) is 3.49. The van der Waals surface area contributed by atoms with Crippen molar-refractivity contribution in [1.29, 1.82) is 0 Å². The van der Waals surface area contributed by atoms with Crippen LogP contribution in [0, 0.1) is 5.92 Å². The van der Waals surface area contributed by atoms with E-state index in [1.54, 1.807) is 12.1 Å². The molecule has 3 N–H and O–H groups in total. The van der Waals surface area contributed by atoms with E-state index < -0.39 is 5.91 Å². The fourth-order valence-corrected chi connectivity index (χ4v) is 3.52. The molecule has 2 fully saturated rings. The van der Waals surface area contributed by atoms with Crippen molar-refractivity contribution < 1.29 is 19.1 Å². The molecule has 0 spiro atoms. The Hall–Kier alpha value is -1.99. The number of nitrogens with one attached hydrogen (secondary N) is 1. The Balaban J connectivity index is 1.62. The number of hydrogen-bond acceptors (Lipinski definition) is 5. The maximum absolute atomic E-state index is 12.9. The summed E-state index contributed by atoms with van der Waals surface area (Å²) in [5, 5.41) is 3.82. The first kappa shape index (κ1) is 19.8. The van der Waals surface area contributed by atoms with E-state index in [-0.39, 0.29) is 23.3 Å². The van der Waals surface area contributed by atoms with Crippen LogP contribution in [0.1, 0.15) is 36.0 Å². The number of piperidine rings is 1. The van der Waals surface area contributed by atoms with Crippen LogP contribution in [-0.2, 0) is 4.79 Å². The quantitative estimate of drug-likeness (QED) is 0.700. The molecule has 0 bridgehead atoms. The Morgan fingerprint density at radius 3 is 2.56 bits per heavy atom. The van der Waals surface area contributed by atoms with Gasteiger partial charge in [0, 0.05) is 24.7 Å². The third-order valence-electron chi connectivity index (χ3n) is 5.01. The van der Waals surface area contributed by atoms with Crippen LogP contribution < -0.4 is 20.5 Å². The van der Waals surface area contributed by atoms with Crippen molar-refractivity contribution in [3.05, 3.63) is 22.7 Å². The molecule has 1 aromatic carbocycles. The molecule has 2 aliphatic rings. The van der Waals surface area contributed by atoms with Gasteiger partial charge in [0.05, 0.1) is 12.1 Å². The number of benzene rings is 1. The molecule has 1 saturated heterocycles. The highest BCUT2D eigenvalue weighted by atomic mass is 35.5. The van der Waals surface area contributed by atoms with Crippen molar-refractivity contribution in [2.45, 2.75) is 31.7 Å². The van der Waals surface area contributed by atoms with Gasteiger partial charge in [-0.1, -0.05) is 11.6 Å². The fourth-order valence-electron chi connectivity index (χ4n) is 3.25. The summed E-state index contributed by atoms with van der Waals surface area (Å²) in [4.78, 5) is 25.6. The molecule has 148 valence electrons. The number of ether oxygens (including phenoxy) is 2. The molecule has 1 aromatic rings. The molecule has 0 unspecified atom stereocenters. The molecule has 3 rings (SSSR count). The molecule has 7 nitrogen and oxygen atoms in total. The van der Waals surface area contributed by atoms with Gasteiger partial charge >= 0.3 is 0 Å². The van der Waals surface area contributed by atoms with E-state index in [9.17, 15) is 9.59 Å². The molecule has 1 aliphatic carbocycles. The van der Waals surface area contributed by atoms with E-state index in [1.165, 1.54) is 20.0 Å². The Morgan fingerprint density at radius 2 is 1.96 bits per heavy atom. The van der Waals surface area contributed by atoms with Gasteiger partial charge in [-0.2, -0.15) is 0 Å². The van der Waals surface area contributed by atoms with E-state index in [0.29, 0.717) is 30.4 Å². The predicted molar refractivity (Wildman–Crippen MR) is 102 cm³/mol. The molecule has 0 aromatic heterocycles. The second-order valence-corrected chi connectivity index (χ2v) is 7.57. The van der Waals surface area contributed by atoms with E-state index in [2.05, 4.69) is 5.32 Å². The summed E-state index contributed by atoms with van der Waals surface area (Å²) < 4.78 is 10.6. The molecule has 0 radical (unpaired) electrons. The first-order valence-corrected chi connectivity index (χ1v) is 9.67. The molecule has 2 amide bonds. The van der Waals surface area contributed by atoms with Crippen LogP contribution >= 0.6 is 11.6 Å². The Bertz CT molecular complexity index is 700. The normalized spacial score (nSPS) is 17.6. The van der Waals surface area contributed by atoms with Crippen LogP contribution in [0.3, 0.4) is 0 Å². The van der Waals surface area contributed by atoms with Gasteiger partial charge in [-0.3, -0.25) is 9.59 Å². The predicted octanol–water partition coefficient (Wildman–Crippen LogP) is 1.82. The van der Waals surface area contributed by atoms with Crippen LogP contribution in [0.4, 0.5) is 0 Å². The zero-order valence-electron chi connectivity index (χ0n) is 15.5. The number of hydrogen-bond donors (Lipinski definition) is 2. The van der Waals surface area contributed by atoms with E-state index in [4.69, 9.17) is 26.8 Å². The van der Waals surface area contributed by atoms with Gasteiger partial charge in [0.25, 0.3) is 11.8 Å². The Kier molecular flexibility index (Phi) is 6.44. The summed E-state index contributed by atoms with van der Waals surface area (Å²) in [5.74, 6) is 0.656. The minimum Gasteiger partial charge on any atom is -0.493 e. The van der Waals surface area contributed by atoms with E-state index in [1.807, 2.05) is 4.90 Å². The molecule has 27 heavy (non-hydrogen) atoms. The minimum atomic E-state index is -0.619. The number of carbonyl (C=O) groups excluding carboxylic acids is 2. The van der Waals surface area contributed by atoms with E-state index in [0.717, 1.165) is 25.3 Å². The van der Waals surface area contributed by atoms with Crippen molar-refractivity contribution in [1.82, 2.24) is 10.2 Å². The van der Waals surface area contributed by atoms with Gasteiger partial charge in [0.2, 0.25) is 0 Å². The summed E-state index contributed by atoms with van der Waals surface area (Å²) in [6.07, 6.45) is 4.57. The number of nitrogens with zero attached hydrogens (tertiary/aromatic N) is 1. The standard InChI is InChI=1S/C19H26ClN3O4/c1-26-16-9-13(8-15(20)18(16)27-11-17(21)24)19(25)23-6-4-14(5-7-23)22-10-12-2-3-12/h8-9,12,14,22H,2-7,10-11H2,1H3,(H2,21,24). The molecule has 1 aliphatic heterocycles. The highest BCUT2D eigenvalue weighted by molar-refractivity contribution is 6.32. The molecule has 0 atom stereocenters. The van der Waals surface area contributed by atoms with Gasteiger partial charge < -0.3 is 25.4 Å². The maximum atomic E-state index is 12.9. The molecular formula is C19H26ClN3O4. The number of likely N-dealkylation sites (tertiary alicyclic amines) is 1. The Morgan fingerprint density at radius 1 is 1.26 bits per heavy atom. The second-order valence-electron chi connectivity index (χ2n) is 7.16. The molecule has 1 saturated carbocycles. The molecule has 1 heterocycles. The lowest BCUT2D eigenvalue weighted by Gasteiger charge is -2.32.